The molecule has 1 heterocycles. The van der Waals surface area contributed by atoms with Crippen molar-refractivity contribution < 1.29 is 33.7 Å². The van der Waals surface area contributed by atoms with Gasteiger partial charge in [-0.3, -0.25) is 9.59 Å². The first-order valence-corrected chi connectivity index (χ1v) is 10.8. The Labute approximate surface area is 191 Å². The van der Waals surface area contributed by atoms with E-state index in [0.29, 0.717) is 0 Å². The molecule has 2 aromatic rings. The second kappa shape index (κ2) is 10.5. The molecule has 1 fully saturated rings. The van der Waals surface area contributed by atoms with Gasteiger partial charge in [-0.15, -0.1) is 0 Å². The maximum absolute atomic E-state index is 12.1. The maximum atomic E-state index is 12.1. The Hall–Kier alpha value is -3.43. The third-order valence-corrected chi connectivity index (χ3v) is 5.84. The zero-order valence-corrected chi connectivity index (χ0v) is 18.0. The molecule has 2 unspecified atom stereocenters. The monoisotopic (exact) mass is 454 g/mol. The Bertz CT molecular complexity index is 980. The molecule has 2 amide bonds. The minimum atomic E-state index is -1.01. The normalized spacial score (nSPS) is 18.9. The first-order valence-electron chi connectivity index (χ1n) is 10.8. The number of nitrogens with one attached hydrogen (secondary N) is 2. The van der Waals surface area contributed by atoms with Gasteiger partial charge in [-0.25, -0.2) is 4.79 Å². The molecule has 9 heteroatoms. The summed E-state index contributed by atoms with van der Waals surface area (Å²) in [5.74, 6) is -2.22. The van der Waals surface area contributed by atoms with E-state index < -0.39 is 29.9 Å². The Morgan fingerprint density at radius 3 is 2.33 bits per heavy atom. The SMILES string of the molecule is O=C(COCCNC(=O)OCC1c2ccccc2-c2ccccc21)NC1COCC1C(=O)O. The fourth-order valence-electron chi connectivity index (χ4n) is 4.23. The van der Waals surface area contributed by atoms with Gasteiger partial charge in [-0.2, -0.15) is 0 Å². The van der Waals surface area contributed by atoms with Crippen LogP contribution in [0.25, 0.3) is 11.1 Å². The van der Waals surface area contributed by atoms with Crippen molar-refractivity contribution in [2.24, 2.45) is 5.92 Å². The van der Waals surface area contributed by atoms with Crippen LogP contribution in [0.3, 0.4) is 0 Å². The van der Waals surface area contributed by atoms with Gasteiger partial charge >= 0.3 is 12.1 Å². The van der Waals surface area contributed by atoms with E-state index in [9.17, 15) is 14.4 Å². The number of carbonyl (C=O) groups excluding carboxylic acids is 2. The molecule has 3 N–H and O–H groups in total. The van der Waals surface area contributed by atoms with E-state index in [1.54, 1.807) is 0 Å². The van der Waals surface area contributed by atoms with Crippen molar-refractivity contribution in [3.8, 4) is 11.1 Å². The van der Waals surface area contributed by atoms with Crippen molar-refractivity contribution in [2.45, 2.75) is 12.0 Å². The minimum absolute atomic E-state index is 0.0164. The molecule has 0 radical (unpaired) electrons. The number of hydrogen-bond acceptors (Lipinski definition) is 6. The number of carbonyl (C=O) groups is 3. The summed E-state index contributed by atoms with van der Waals surface area (Å²) in [6.45, 7) is 0.499. The predicted octanol–water partition coefficient (Wildman–Crippen LogP) is 1.76. The second-order valence-electron chi connectivity index (χ2n) is 7.96. The lowest BCUT2D eigenvalue weighted by atomic mass is 9.98. The molecule has 9 nitrogen and oxygen atoms in total. The molecular formula is C24H26N2O7. The van der Waals surface area contributed by atoms with Crippen LogP contribution in [0.15, 0.2) is 48.5 Å². The molecule has 1 aliphatic carbocycles. The van der Waals surface area contributed by atoms with Crippen LogP contribution in [0.5, 0.6) is 0 Å². The van der Waals surface area contributed by atoms with Gasteiger partial charge in [0.1, 0.15) is 19.1 Å². The van der Waals surface area contributed by atoms with Crippen LogP contribution in [0.4, 0.5) is 4.79 Å². The van der Waals surface area contributed by atoms with Crippen LogP contribution >= 0.6 is 0 Å². The number of carboxylic acids is 1. The zero-order chi connectivity index (χ0) is 23.2. The number of aliphatic carboxylic acids is 1. The molecular weight excluding hydrogens is 428 g/mol. The topological polar surface area (TPSA) is 123 Å². The van der Waals surface area contributed by atoms with Crippen molar-refractivity contribution in [3.63, 3.8) is 0 Å². The summed E-state index contributed by atoms with van der Waals surface area (Å²) in [6.07, 6.45) is -0.558. The van der Waals surface area contributed by atoms with E-state index in [-0.39, 0.29) is 45.5 Å². The molecule has 0 aromatic heterocycles. The third-order valence-electron chi connectivity index (χ3n) is 5.84. The highest BCUT2D eigenvalue weighted by molar-refractivity contribution is 5.80. The molecule has 4 rings (SSSR count). The van der Waals surface area contributed by atoms with Gasteiger partial charge < -0.3 is 30.0 Å². The van der Waals surface area contributed by atoms with Crippen LogP contribution in [0, 0.1) is 5.92 Å². The average Bonchev–Trinajstić information content (AvgIpc) is 3.40. The van der Waals surface area contributed by atoms with E-state index in [1.165, 1.54) is 0 Å². The summed E-state index contributed by atoms with van der Waals surface area (Å²) in [7, 11) is 0. The fourth-order valence-corrected chi connectivity index (χ4v) is 4.23. The molecule has 2 aromatic carbocycles. The molecule has 0 spiro atoms. The smallest absolute Gasteiger partial charge is 0.407 e. The number of benzene rings is 2. The first-order chi connectivity index (χ1) is 16.0. The van der Waals surface area contributed by atoms with E-state index in [4.69, 9.17) is 19.3 Å². The molecule has 174 valence electrons. The highest BCUT2D eigenvalue weighted by Crippen LogP contribution is 2.44. The van der Waals surface area contributed by atoms with Gasteiger partial charge in [0.05, 0.1) is 25.9 Å². The zero-order valence-electron chi connectivity index (χ0n) is 18.0. The van der Waals surface area contributed by atoms with Crippen molar-refractivity contribution in [3.05, 3.63) is 59.7 Å². The number of hydrogen-bond donors (Lipinski definition) is 3. The van der Waals surface area contributed by atoms with Gasteiger partial charge in [0.25, 0.3) is 0 Å². The Kier molecular flexibility index (Phi) is 7.21. The van der Waals surface area contributed by atoms with Crippen LogP contribution < -0.4 is 10.6 Å². The van der Waals surface area contributed by atoms with E-state index in [0.717, 1.165) is 22.3 Å². The largest absolute Gasteiger partial charge is 0.481 e. The van der Waals surface area contributed by atoms with Crippen LogP contribution in [-0.4, -0.2) is 68.7 Å². The Morgan fingerprint density at radius 1 is 1.00 bits per heavy atom. The first kappa shape index (κ1) is 22.8. The van der Waals surface area contributed by atoms with E-state index >= 15 is 0 Å². The summed E-state index contributed by atoms with van der Waals surface area (Å²) < 4.78 is 15.8. The minimum Gasteiger partial charge on any atom is -0.481 e. The lowest BCUT2D eigenvalue weighted by Gasteiger charge is -2.16. The Balaban J connectivity index is 1.15. The number of alkyl carbamates (subject to hydrolysis) is 1. The standard InChI is InChI=1S/C24H26N2O7/c27-22(26-21-13-32-11-20(21)23(28)29)14-31-10-9-25-24(30)33-12-19-17-7-3-1-5-15(17)16-6-2-4-8-18(16)19/h1-8,19-21H,9-14H2,(H,25,30)(H,26,27)(H,28,29). The number of fused-ring (bicyclic) bond motifs is 3. The van der Waals surface area contributed by atoms with Gasteiger partial charge in [0.2, 0.25) is 5.91 Å². The molecule has 1 saturated heterocycles. The van der Waals surface area contributed by atoms with Gasteiger partial charge in [-0.1, -0.05) is 48.5 Å². The van der Waals surface area contributed by atoms with Gasteiger partial charge in [0, 0.05) is 12.5 Å². The molecule has 2 aliphatic rings. The van der Waals surface area contributed by atoms with Crippen molar-refractivity contribution in [1.82, 2.24) is 10.6 Å². The molecule has 0 saturated carbocycles. The Morgan fingerprint density at radius 2 is 1.67 bits per heavy atom. The summed E-state index contributed by atoms with van der Waals surface area (Å²) >= 11 is 0. The third kappa shape index (κ3) is 5.32. The maximum Gasteiger partial charge on any atom is 0.407 e. The summed E-state index contributed by atoms with van der Waals surface area (Å²) in [5.41, 5.74) is 4.59. The van der Waals surface area contributed by atoms with Crippen LogP contribution in [0.1, 0.15) is 17.0 Å². The molecule has 1 aliphatic heterocycles. The predicted molar refractivity (Wildman–Crippen MR) is 118 cm³/mol. The lowest BCUT2D eigenvalue weighted by molar-refractivity contribution is -0.142. The highest BCUT2D eigenvalue weighted by Gasteiger charge is 2.35. The number of amides is 2. The molecule has 33 heavy (non-hydrogen) atoms. The van der Waals surface area contributed by atoms with E-state index in [1.807, 2.05) is 24.3 Å². The number of carboxylic acid groups (broad SMARTS) is 1. The molecule has 2 atom stereocenters. The van der Waals surface area contributed by atoms with Gasteiger partial charge in [-0.05, 0) is 22.3 Å². The van der Waals surface area contributed by atoms with Crippen molar-refractivity contribution >= 4 is 18.0 Å². The average molecular weight is 454 g/mol. The number of rotatable bonds is 9. The molecule has 0 bridgehead atoms. The van der Waals surface area contributed by atoms with Crippen molar-refractivity contribution in [1.29, 1.82) is 0 Å². The van der Waals surface area contributed by atoms with Crippen LogP contribution in [0.2, 0.25) is 0 Å². The quantitative estimate of drug-likeness (QED) is 0.493. The fraction of sp³-hybridized carbons (Fsp3) is 0.375. The van der Waals surface area contributed by atoms with Crippen LogP contribution in [-0.2, 0) is 23.8 Å². The van der Waals surface area contributed by atoms with E-state index in [2.05, 4.69) is 34.9 Å². The van der Waals surface area contributed by atoms with Gasteiger partial charge in [0.15, 0.2) is 0 Å². The second-order valence-corrected chi connectivity index (χ2v) is 7.96. The summed E-state index contributed by atoms with van der Waals surface area (Å²) in [4.78, 5) is 35.1. The van der Waals surface area contributed by atoms with Crippen molar-refractivity contribution in [2.75, 3.05) is 39.6 Å². The number of ether oxygens (including phenoxy) is 3. The summed E-state index contributed by atoms with van der Waals surface area (Å²) in [6, 6.07) is 15.6. The summed E-state index contributed by atoms with van der Waals surface area (Å²) in [5, 5.41) is 14.3. The highest BCUT2D eigenvalue weighted by atomic mass is 16.5. The lowest BCUT2D eigenvalue weighted by Crippen LogP contribution is -2.44.